The third-order valence-electron chi connectivity index (χ3n) is 5.66. The molecule has 12 nitrogen and oxygen atoms in total. The Morgan fingerprint density at radius 3 is 1.92 bits per heavy atom. The van der Waals surface area contributed by atoms with Crippen LogP contribution in [0.5, 0.6) is 5.75 Å². The lowest BCUT2D eigenvalue weighted by Gasteiger charge is -2.23. The van der Waals surface area contributed by atoms with E-state index in [9.17, 15) is 34.2 Å². The maximum Gasteiger partial charge on any atom is 0.326 e. The third-order valence-corrected chi connectivity index (χ3v) is 5.66. The van der Waals surface area contributed by atoms with Crippen LogP contribution in [0.2, 0.25) is 0 Å². The van der Waals surface area contributed by atoms with Crippen LogP contribution in [-0.2, 0) is 36.8 Å². The third kappa shape index (κ3) is 9.90. The van der Waals surface area contributed by atoms with Crippen LogP contribution in [0, 0.1) is 0 Å². The number of nitrogens with one attached hydrogen (secondary N) is 3. The van der Waals surface area contributed by atoms with Gasteiger partial charge < -0.3 is 37.0 Å². The Balaban J connectivity index is 2.10. The lowest BCUT2D eigenvalue weighted by Crippen LogP contribution is -2.57. The van der Waals surface area contributed by atoms with Gasteiger partial charge in [0.05, 0.1) is 6.04 Å². The van der Waals surface area contributed by atoms with Crippen LogP contribution in [0.1, 0.15) is 30.9 Å². The van der Waals surface area contributed by atoms with E-state index >= 15 is 0 Å². The van der Waals surface area contributed by atoms with E-state index in [1.807, 2.05) is 30.3 Å². The van der Waals surface area contributed by atoms with Gasteiger partial charge in [-0.15, -0.1) is 0 Å². The van der Waals surface area contributed by atoms with Crippen molar-refractivity contribution in [3.63, 3.8) is 0 Å². The summed E-state index contributed by atoms with van der Waals surface area (Å²) >= 11 is 0. The molecular weight excluding hydrogens is 496 g/mol. The van der Waals surface area contributed by atoms with Gasteiger partial charge in [0.2, 0.25) is 17.7 Å². The van der Waals surface area contributed by atoms with Crippen LogP contribution in [0.25, 0.3) is 0 Å². The Morgan fingerprint density at radius 2 is 1.34 bits per heavy atom. The number of benzene rings is 2. The number of phenols is 1. The molecule has 0 aliphatic carbocycles. The molecule has 0 saturated heterocycles. The summed E-state index contributed by atoms with van der Waals surface area (Å²) in [6.07, 6.45) is -0.565. The Hall–Kier alpha value is -4.45. The van der Waals surface area contributed by atoms with Crippen LogP contribution < -0.4 is 21.7 Å². The molecule has 8 N–H and O–H groups in total. The number of hydrogen-bond donors (Lipinski definition) is 7. The molecule has 4 unspecified atom stereocenters. The minimum atomic E-state index is -1.46. The fourth-order valence-electron chi connectivity index (χ4n) is 3.52. The summed E-state index contributed by atoms with van der Waals surface area (Å²) in [7, 11) is 0. The number of hydrogen-bond acceptors (Lipinski definition) is 7. The zero-order valence-electron chi connectivity index (χ0n) is 20.8. The SMILES string of the molecule is CC(NC(=O)C(Cc1ccc(O)cc1)NC(=O)C(N)Cc1ccccc1)C(=O)NC(CCC(=O)O)C(=O)O. The van der Waals surface area contributed by atoms with Gasteiger partial charge in [-0.1, -0.05) is 42.5 Å². The van der Waals surface area contributed by atoms with Crippen molar-refractivity contribution in [1.29, 1.82) is 0 Å². The second-order valence-corrected chi connectivity index (χ2v) is 8.79. The molecule has 0 bridgehead atoms. The molecular formula is C26H32N4O8. The van der Waals surface area contributed by atoms with E-state index in [0.717, 1.165) is 5.56 Å². The highest BCUT2D eigenvalue weighted by atomic mass is 16.4. The van der Waals surface area contributed by atoms with Crippen LogP contribution in [0.15, 0.2) is 54.6 Å². The average Bonchev–Trinajstić information content (AvgIpc) is 2.87. The number of carbonyl (C=O) groups is 5. The van der Waals surface area contributed by atoms with Gasteiger partial charge in [0.25, 0.3) is 0 Å². The molecule has 0 fully saturated rings. The Bertz CT molecular complexity index is 1120. The lowest BCUT2D eigenvalue weighted by molar-refractivity contribution is -0.143. The van der Waals surface area contributed by atoms with Crippen molar-refractivity contribution in [3.8, 4) is 5.75 Å². The first kappa shape index (κ1) is 29.8. The summed E-state index contributed by atoms with van der Waals surface area (Å²) in [6.45, 7) is 1.32. The van der Waals surface area contributed by atoms with E-state index in [1.54, 1.807) is 12.1 Å². The van der Waals surface area contributed by atoms with Gasteiger partial charge >= 0.3 is 11.9 Å². The number of carbonyl (C=O) groups excluding carboxylic acids is 3. The Kier molecular flexibility index (Phi) is 11.2. The van der Waals surface area contributed by atoms with Gasteiger partial charge in [0, 0.05) is 12.8 Å². The zero-order chi connectivity index (χ0) is 28.2. The van der Waals surface area contributed by atoms with Crippen molar-refractivity contribution in [3.05, 3.63) is 65.7 Å². The summed E-state index contributed by atoms with van der Waals surface area (Å²) in [5, 5.41) is 34.8. The molecule has 0 aliphatic rings. The molecule has 0 saturated carbocycles. The summed E-state index contributed by atoms with van der Waals surface area (Å²) in [4.78, 5) is 60.6. The van der Waals surface area contributed by atoms with Gasteiger partial charge in [-0.25, -0.2) is 4.79 Å². The van der Waals surface area contributed by atoms with E-state index in [-0.39, 0.29) is 25.0 Å². The van der Waals surface area contributed by atoms with E-state index in [4.69, 9.17) is 10.8 Å². The predicted octanol–water partition coefficient (Wildman–Crippen LogP) is -0.0716. The first-order chi connectivity index (χ1) is 18.0. The number of aromatic hydroxyl groups is 1. The number of nitrogens with two attached hydrogens (primary N) is 1. The maximum atomic E-state index is 13.1. The van der Waals surface area contributed by atoms with Crippen molar-refractivity contribution in [2.75, 3.05) is 0 Å². The highest BCUT2D eigenvalue weighted by Crippen LogP contribution is 2.12. The molecule has 0 spiro atoms. The molecule has 3 amide bonds. The number of rotatable bonds is 14. The van der Waals surface area contributed by atoms with Crippen LogP contribution in [0.4, 0.5) is 0 Å². The molecule has 0 aliphatic heterocycles. The molecule has 4 atom stereocenters. The second kappa shape index (κ2) is 14.3. The number of phenolic OH excluding ortho intramolecular Hbond substituents is 1. The number of carboxylic acids is 2. The normalized spacial score (nSPS) is 13.8. The van der Waals surface area contributed by atoms with Gasteiger partial charge in [-0.05, 0) is 43.0 Å². The molecule has 2 aromatic carbocycles. The van der Waals surface area contributed by atoms with E-state index < -0.39 is 60.2 Å². The standard InChI is InChI=1S/C26H32N4O8/c1-15(23(34)29-20(26(37)38)11-12-22(32)33)28-25(36)21(14-17-7-9-18(31)10-8-17)30-24(35)19(27)13-16-5-3-2-4-6-16/h2-10,15,19-21,31H,11-14,27H2,1H3,(H,28,36)(H,29,34)(H,30,35)(H,32,33)(H,37,38). The van der Waals surface area contributed by atoms with E-state index in [2.05, 4.69) is 16.0 Å². The molecule has 12 heteroatoms. The van der Waals surface area contributed by atoms with Crippen molar-refractivity contribution < 1.29 is 39.3 Å². The zero-order valence-corrected chi connectivity index (χ0v) is 20.8. The Labute approximate surface area is 219 Å². The summed E-state index contributed by atoms with van der Waals surface area (Å²) in [6, 6.07) is 10.3. The maximum absolute atomic E-state index is 13.1. The van der Waals surface area contributed by atoms with Crippen molar-refractivity contribution in [2.45, 2.75) is 56.8 Å². The molecule has 0 radical (unpaired) electrons. The van der Waals surface area contributed by atoms with Gasteiger partial charge in [0.15, 0.2) is 0 Å². The van der Waals surface area contributed by atoms with E-state index in [0.29, 0.717) is 5.56 Å². The first-order valence-corrected chi connectivity index (χ1v) is 11.9. The second-order valence-electron chi connectivity index (χ2n) is 8.79. The van der Waals surface area contributed by atoms with Gasteiger partial charge in [0.1, 0.15) is 23.9 Å². The smallest absolute Gasteiger partial charge is 0.326 e. The summed E-state index contributed by atoms with van der Waals surface area (Å²) in [5.41, 5.74) is 7.49. The monoisotopic (exact) mass is 528 g/mol. The molecule has 0 heterocycles. The van der Waals surface area contributed by atoms with Gasteiger partial charge in [-0.3, -0.25) is 19.2 Å². The largest absolute Gasteiger partial charge is 0.508 e. The number of amides is 3. The average molecular weight is 529 g/mol. The van der Waals surface area contributed by atoms with Crippen molar-refractivity contribution in [2.24, 2.45) is 5.73 Å². The van der Waals surface area contributed by atoms with E-state index in [1.165, 1.54) is 19.1 Å². The molecule has 2 aromatic rings. The molecule has 38 heavy (non-hydrogen) atoms. The van der Waals surface area contributed by atoms with Crippen LogP contribution in [0.3, 0.4) is 0 Å². The Morgan fingerprint density at radius 1 is 0.763 bits per heavy atom. The van der Waals surface area contributed by atoms with Gasteiger partial charge in [-0.2, -0.15) is 0 Å². The minimum absolute atomic E-state index is 0.0145. The minimum Gasteiger partial charge on any atom is -0.508 e. The number of aliphatic carboxylic acids is 2. The molecule has 204 valence electrons. The highest BCUT2D eigenvalue weighted by Gasteiger charge is 2.29. The first-order valence-electron chi connectivity index (χ1n) is 11.9. The number of carboxylic acid groups (broad SMARTS) is 2. The lowest BCUT2D eigenvalue weighted by atomic mass is 10.0. The summed E-state index contributed by atoms with van der Waals surface area (Å²) < 4.78 is 0. The topological polar surface area (TPSA) is 208 Å². The predicted molar refractivity (Wildman–Crippen MR) is 136 cm³/mol. The van der Waals surface area contributed by atoms with Crippen molar-refractivity contribution >= 4 is 29.7 Å². The van der Waals surface area contributed by atoms with Crippen molar-refractivity contribution in [1.82, 2.24) is 16.0 Å². The fraction of sp³-hybridized carbons (Fsp3) is 0.346. The quantitative estimate of drug-likeness (QED) is 0.175. The molecule has 2 rings (SSSR count). The molecule has 0 aromatic heterocycles. The highest BCUT2D eigenvalue weighted by molar-refractivity contribution is 5.94. The fourth-order valence-corrected chi connectivity index (χ4v) is 3.52. The summed E-state index contributed by atoms with van der Waals surface area (Å²) in [5.74, 6) is -4.77. The van der Waals surface area contributed by atoms with Crippen LogP contribution in [-0.4, -0.2) is 69.1 Å². The van der Waals surface area contributed by atoms with Crippen LogP contribution >= 0.6 is 0 Å².